The van der Waals surface area contributed by atoms with Crippen LogP contribution in [0.4, 0.5) is 0 Å². The maximum Gasteiger partial charge on any atom is 0.187 e. The van der Waals surface area contributed by atoms with Gasteiger partial charge < -0.3 is 15.2 Å². The van der Waals surface area contributed by atoms with Crippen LogP contribution in [0.2, 0.25) is 0 Å². The Morgan fingerprint density at radius 1 is 1.43 bits per heavy atom. The van der Waals surface area contributed by atoms with Crippen molar-refractivity contribution in [1.82, 2.24) is 10.7 Å². The summed E-state index contributed by atoms with van der Waals surface area (Å²) >= 11 is 5.29. The second-order valence-electron chi connectivity index (χ2n) is 5.87. The molecule has 1 aromatic rings. The van der Waals surface area contributed by atoms with Crippen molar-refractivity contribution in [2.24, 2.45) is 11.0 Å². The number of phenols is 1. The number of benzene rings is 1. The molecular weight excluding hydrogens is 310 g/mol. The van der Waals surface area contributed by atoms with Gasteiger partial charge in [0.05, 0.1) is 12.8 Å². The van der Waals surface area contributed by atoms with E-state index in [1.54, 1.807) is 24.4 Å². The van der Waals surface area contributed by atoms with Crippen LogP contribution in [0.5, 0.6) is 11.5 Å². The molecule has 6 heteroatoms. The lowest BCUT2D eigenvalue weighted by atomic mass is 9.86. The molecule has 0 radical (unpaired) electrons. The Morgan fingerprint density at radius 2 is 2.22 bits per heavy atom. The van der Waals surface area contributed by atoms with Crippen molar-refractivity contribution in [3.8, 4) is 11.5 Å². The molecule has 23 heavy (non-hydrogen) atoms. The van der Waals surface area contributed by atoms with Crippen LogP contribution in [0.3, 0.4) is 0 Å². The predicted molar refractivity (Wildman–Crippen MR) is 97.2 cm³/mol. The first-order valence-electron chi connectivity index (χ1n) is 8.15. The van der Waals surface area contributed by atoms with E-state index in [0.29, 0.717) is 29.4 Å². The van der Waals surface area contributed by atoms with E-state index in [-0.39, 0.29) is 5.75 Å². The van der Waals surface area contributed by atoms with E-state index in [2.05, 4.69) is 22.8 Å². The SMILES string of the molecule is CCOc1cc(/C=N/NC(=S)N[C@H]2CCCC[C@H]2C)ccc1O. The molecule has 1 aromatic carbocycles. The molecule has 0 unspecified atom stereocenters. The fourth-order valence-corrected chi connectivity index (χ4v) is 2.98. The van der Waals surface area contributed by atoms with E-state index in [1.165, 1.54) is 19.3 Å². The summed E-state index contributed by atoms with van der Waals surface area (Å²) < 4.78 is 5.35. The molecule has 2 atom stereocenters. The second-order valence-corrected chi connectivity index (χ2v) is 6.28. The Hall–Kier alpha value is -1.82. The van der Waals surface area contributed by atoms with Gasteiger partial charge in [-0.25, -0.2) is 0 Å². The van der Waals surface area contributed by atoms with E-state index >= 15 is 0 Å². The van der Waals surface area contributed by atoms with Crippen LogP contribution in [-0.4, -0.2) is 29.1 Å². The van der Waals surface area contributed by atoms with Gasteiger partial charge in [0.2, 0.25) is 0 Å². The summed E-state index contributed by atoms with van der Waals surface area (Å²) in [6.45, 7) is 4.63. The van der Waals surface area contributed by atoms with Crippen LogP contribution in [0, 0.1) is 5.92 Å². The smallest absolute Gasteiger partial charge is 0.187 e. The topological polar surface area (TPSA) is 65.9 Å². The molecule has 5 nitrogen and oxygen atoms in total. The molecular formula is C17H25N3O2S. The predicted octanol–water partition coefficient (Wildman–Crippen LogP) is 3.17. The van der Waals surface area contributed by atoms with Crippen LogP contribution in [0.15, 0.2) is 23.3 Å². The highest BCUT2D eigenvalue weighted by Gasteiger charge is 2.21. The summed E-state index contributed by atoms with van der Waals surface area (Å²) in [7, 11) is 0. The van der Waals surface area contributed by atoms with E-state index in [4.69, 9.17) is 17.0 Å². The Morgan fingerprint density at radius 3 is 2.96 bits per heavy atom. The number of hydrogen-bond acceptors (Lipinski definition) is 4. The highest BCUT2D eigenvalue weighted by Crippen LogP contribution is 2.26. The summed E-state index contributed by atoms with van der Waals surface area (Å²) in [5, 5.41) is 17.7. The molecule has 0 aliphatic heterocycles. The minimum absolute atomic E-state index is 0.125. The highest BCUT2D eigenvalue weighted by molar-refractivity contribution is 7.80. The van der Waals surface area contributed by atoms with Crippen molar-refractivity contribution >= 4 is 23.5 Å². The highest BCUT2D eigenvalue weighted by atomic mass is 32.1. The van der Waals surface area contributed by atoms with E-state index in [1.807, 2.05) is 6.92 Å². The van der Waals surface area contributed by atoms with Gasteiger partial charge in [0.15, 0.2) is 16.6 Å². The average molecular weight is 335 g/mol. The third kappa shape index (κ3) is 5.39. The maximum absolute atomic E-state index is 9.67. The normalized spacial score (nSPS) is 21.1. The molecule has 2 rings (SSSR count). The standard InChI is InChI=1S/C17H25N3O2S/c1-3-22-16-10-13(8-9-15(16)21)11-18-20-17(23)19-14-7-5-4-6-12(14)2/h8-12,14,21H,3-7H2,1-2H3,(H2,19,20,23)/b18-11+/t12-,14+/m1/s1. The van der Waals surface area contributed by atoms with Crippen LogP contribution in [0.1, 0.15) is 45.1 Å². The van der Waals surface area contributed by atoms with Gasteiger partial charge in [0.1, 0.15) is 0 Å². The van der Waals surface area contributed by atoms with Crippen LogP contribution in [0.25, 0.3) is 0 Å². The minimum atomic E-state index is 0.125. The van der Waals surface area contributed by atoms with Crippen LogP contribution < -0.4 is 15.5 Å². The Bertz CT molecular complexity index is 563. The van der Waals surface area contributed by atoms with Crippen LogP contribution in [-0.2, 0) is 0 Å². The summed E-state index contributed by atoms with van der Waals surface area (Å²) in [5.74, 6) is 1.21. The molecule has 1 saturated carbocycles. The molecule has 0 amide bonds. The van der Waals surface area contributed by atoms with E-state index in [9.17, 15) is 5.11 Å². The van der Waals surface area contributed by atoms with Gasteiger partial charge in [-0.3, -0.25) is 5.43 Å². The lowest BCUT2D eigenvalue weighted by Crippen LogP contribution is -2.44. The number of nitrogens with one attached hydrogen (secondary N) is 2. The first-order valence-corrected chi connectivity index (χ1v) is 8.56. The van der Waals surface area contributed by atoms with Gasteiger partial charge in [-0.1, -0.05) is 19.8 Å². The molecule has 126 valence electrons. The van der Waals surface area contributed by atoms with E-state index < -0.39 is 0 Å². The lowest BCUT2D eigenvalue weighted by Gasteiger charge is -2.30. The number of thiocarbonyl (C=S) groups is 1. The Labute approximate surface area is 143 Å². The number of hydrogen-bond donors (Lipinski definition) is 3. The number of nitrogens with zero attached hydrogens (tertiary/aromatic N) is 1. The van der Waals surface area contributed by atoms with E-state index in [0.717, 1.165) is 12.0 Å². The molecule has 0 aromatic heterocycles. The zero-order chi connectivity index (χ0) is 16.7. The molecule has 1 fully saturated rings. The third-order valence-electron chi connectivity index (χ3n) is 4.09. The summed E-state index contributed by atoms with van der Waals surface area (Å²) in [4.78, 5) is 0. The first kappa shape index (κ1) is 17.5. The van der Waals surface area contributed by atoms with Crippen molar-refractivity contribution < 1.29 is 9.84 Å². The average Bonchev–Trinajstić information content (AvgIpc) is 2.53. The van der Waals surface area contributed by atoms with Gasteiger partial charge in [0, 0.05) is 6.04 Å². The van der Waals surface area contributed by atoms with Gasteiger partial charge >= 0.3 is 0 Å². The second kappa shape index (κ2) is 8.72. The fourth-order valence-electron chi connectivity index (χ4n) is 2.78. The van der Waals surface area contributed by atoms with Crippen molar-refractivity contribution in [2.75, 3.05) is 6.61 Å². The minimum Gasteiger partial charge on any atom is -0.504 e. The third-order valence-corrected chi connectivity index (χ3v) is 4.30. The molecule has 1 aliphatic rings. The van der Waals surface area contributed by atoms with Gasteiger partial charge in [0.25, 0.3) is 0 Å². The van der Waals surface area contributed by atoms with Gasteiger partial charge in [-0.2, -0.15) is 5.10 Å². The molecule has 0 heterocycles. The number of aromatic hydroxyl groups is 1. The number of phenolic OH excluding ortho intramolecular Hbond substituents is 1. The maximum atomic E-state index is 9.67. The largest absolute Gasteiger partial charge is 0.504 e. The number of rotatable bonds is 5. The summed E-state index contributed by atoms with van der Waals surface area (Å²) in [5.41, 5.74) is 3.68. The number of ether oxygens (including phenoxy) is 1. The number of hydrazone groups is 1. The van der Waals surface area contributed by atoms with Crippen molar-refractivity contribution in [3.05, 3.63) is 23.8 Å². The molecule has 0 saturated heterocycles. The zero-order valence-electron chi connectivity index (χ0n) is 13.7. The van der Waals surface area contributed by atoms with Crippen molar-refractivity contribution in [3.63, 3.8) is 0 Å². The van der Waals surface area contributed by atoms with Crippen LogP contribution >= 0.6 is 12.2 Å². The molecule has 0 bridgehead atoms. The van der Waals surface area contributed by atoms with Crippen molar-refractivity contribution in [1.29, 1.82) is 0 Å². The van der Waals surface area contributed by atoms with Gasteiger partial charge in [-0.15, -0.1) is 0 Å². The quantitative estimate of drug-likeness (QED) is 0.438. The molecule has 3 N–H and O–H groups in total. The Balaban J connectivity index is 1.86. The summed E-state index contributed by atoms with van der Waals surface area (Å²) in [6, 6.07) is 5.52. The monoisotopic (exact) mass is 335 g/mol. The first-order chi connectivity index (χ1) is 11.1. The summed E-state index contributed by atoms with van der Waals surface area (Å²) in [6.07, 6.45) is 6.61. The molecule has 0 spiro atoms. The van der Waals surface area contributed by atoms with Crippen molar-refractivity contribution in [2.45, 2.75) is 45.6 Å². The fraction of sp³-hybridized carbons (Fsp3) is 0.529. The molecule has 1 aliphatic carbocycles. The lowest BCUT2D eigenvalue weighted by molar-refractivity contribution is 0.308. The van der Waals surface area contributed by atoms with Gasteiger partial charge in [-0.05, 0) is 61.7 Å². The Kier molecular flexibility index (Phi) is 6.65. The zero-order valence-corrected chi connectivity index (χ0v) is 14.5.